The van der Waals surface area contributed by atoms with Crippen LogP contribution in [0.4, 0.5) is 13.2 Å². The average molecular weight is 253 g/mol. The zero-order chi connectivity index (χ0) is 12.9. The fourth-order valence-electron chi connectivity index (χ4n) is 1.02. The van der Waals surface area contributed by atoms with E-state index in [0.29, 0.717) is 12.4 Å². The first-order valence-electron chi connectivity index (χ1n) is 5.09. The predicted molar refractivity (Wildman–Crippen MR) is 52.3 cm³/mol. The van der Waals surface area contributed by atoms with Gasteiger partial charge in [0.1, 0.15) is 6.61 Å². The van der Waals surface area contributed by atoms with E-state index in [1.54, 1.807) is 0 Å². The summed E-state index contributed by atoms with van der Waals surface area (Å²) < 4.78 is 44.5. The van der Waals surface area contributed by atoms with Crippen molar-refractivity contribution in [2.75, 3.05) is 19.8 Å². The van der Waals surface area contributed by atoms with Crippen molar-refractivity contribution in [2.24, 2.45) is 5.73 Å². The molecule has 1 aromatic heterocycles. The van der Waals surface area contributed by atoms with Gasteiger partial charge in [0.25, 0.3) is 0 Å². The van der Waals surface area contributed by atoms with Crippen molar-refractivity contribution < 1.29 is 22.4 Å². The highest BCUT2D eigenvalue weighted by molar-refractivity contribution is 4.94. The van der Waals surface area contributed by atoms with Crippen LogP contribution in [0.2, 0.25) is 0 Å². The second kappa shape index (κ2) is 5.97. The molecule has 1 rings (SSSR count). The van der Waals surface area contributed by atoms with Gasteiger partial charge in [0.15, 0.2) is 5.82 Å². The van der Waals surface area contributed by atoms with Crippen molar-refractivity contribution in [2.45, 2.75) is 25.4 Å². The van der Waals surface area contributed by atoms with E-state index < -0.39 is 12.8 Å². The minimum absolute atomic E-state index is 0.0383. The topological polar surface area (TPSA) is 74.2 Å². The molecule has 0 saturated heterocycles. The third kappa shape index (κ3) is 5.14. The number of rotatable bonds is 6. The molecule has 0 aliphatic carbocycles. The molecular weight excluding hydrogens is 239 g/mol. The van der Waals surface area contributed by atoms with Gasteiger partial charge in [-0.2, -0.15) is 18.2 Å². The second-order valence-corrected chi connectivity index (χ2v) is 3.60. The SMILES string of the molecule is CC(CN)c1noc(CCOCC(F)(F)F)n1. The zero-order valence-electron chi connectivity index (χ0n) is 9.33. The number of hydrogen-bond acceptors (Lipinski definition) is 5. The highest BCUT2D eigenvalue weighted by atomic mass is 19.4. The molecule has 0 aromatic carbocycles. The van der Waals surface area contributed by atoms with Crippen LogP contribution in [-0.4, -0.2) is 36.1 Å². The van der Waals surface area contributed by atoms with Crippen molar-refractivity contribution in [3.05, 3.63) is 11.7 Å². The van der Waals surface area contributed by atoms with Crippen molar-refractivity contribution in [1.82, 2.24) is 10.1 Å². The highest BCUT2D eigenvalue weighted by Crippen LogP contribution is 2.14. The lowest BCUT2D eigenvalue weighted by Crippen LogP contribution is -2.18. The molecule has 98 valence electrons. The minimum Gasteiger partial charge on any atom is -0.372 e. The summed E-state index contributed by atoms with van der Waals surface area (Å²) in [6, 6.07) is 0. The summed E-state index contributed by atoms with van der Waals surface area (Å²) in [5, 5.41) is 3.67. The van der Waals surface area contributed by atoms with E-state index in [1.165, 1.54) is 0 Å². The number of aromatic nitrogens is 2. The minimum atomic E-state index is -4.31. The molecule has 0 spiro atoms. The van der Waals surface area contributed by atoms with Crippen LogP contribution >= 0.6 is 0 Å². The van der Waals surface area contributed by atoms with Crippen molar-refractivity contribution >= 4 is 0 Å². The van der Waals surface area contributed by atoms with Crippen molar-refractivity contribution in [1.29, 1.82) is 0 Å². The monoisotopic (exact) mass is 253 g/mol. The van der Waals surface area contributed by atoms with Gasteiger partial charge in [0.05, 0.1) is 13.0 Å². The summed E-state index contributed by atoms with van der Waals surface area (Å²) in [5.74, 6) is 0.671. The van der Waals surface area contributed by atoms with Crippen LogP contribution in [0.5, 0.6) is 0 Å². The molecule has 17 heavy (non-hydrogen) atoms. The van der Waals surface area contributed by atoms with Crippen LogP contribution in [0.1, 0.15) is 24.6 Å². The Morgan fingerprint density at radius 3 is 2.76 bits per heavy atom. The standard InChI is InChI=1S/C9H14F3N3O2/c1-6(4-13)8-14-7(17-15-8)2-3-16-5-9(10,11)12/h6H,2-5,13H2,1H3. The van der Waals surface area contributed by atoms with Gasteiger partial charge in [-0.3, -0.25) is 0 Å². The summed E-state index contributed by atoms with van der Waals surface area (Å²) in [7, 11) is 0. The summed E-state index contributed by atoms with van der Waals surface area (Å²) in [5.41, 5.74) is 5.41. The molecule has 0 radical (unpaired) electrons. The fourth-order valence-corrected chi connectivity index (χ4v) is 1.02. The summed E-state index contributed by atoms with van der Waals surface area (Å²) in [4.78, 5) is 4.00. The molecule has 1 heterocycles. The normalized spacial score (nSPS) is 13.9. The van der Waals surface area contributed by atoms with Crippen molar-refractivity contribution in [3.63, 3.8) is 0 Å². The number of alkyl halides is 3. The first kappa shape index (κ1) is 13.9. The summed E-state index contributed by atoms with van der Waals surface area (Å²) in [6.45, 7) is 0.823. The lowest BCUT2D eigenvalue weighted by atomic mass is 10.2. The molecule has 0 bridgehead atoms. The van der Waals surface area contributed by atoms with Gasteiger partial charge >= 0.3 is 6.18 Å². The van der Waals surface area contributed by atoms with Gasteiger partial charge < -0.3 is 15.0 Å². The van der Waals surface area contributed by atoms with E-state index in [4.69, 9.17) is 10.3 Å². The Morgan fingerprint density at radius 2 is 2.18 bits per heavy atom. The van der Waals surface area contributed by atoms with E-state index in [0.717, 1.165) is 0 Å². The highest BCUT2D eigenvalue weighted by Gasteiger charge is 2.27. The Bertz CT molecular complexity index is 340. The maximum Gasteiger partial charge on any atom is 0.411 e. The van der Waals surface area contributed by atoms with Crippen LogP contribution in [0.15, 0.2) is 4.52 Å². The molecule has 2 N–H and O–H groups in total. The van der Waals surface area contributed by atoms with E-state index in [2.05, 4.69) is 14.9 Å². The first-order chi connectivity index (χ1) is 7.92. The molecule has 5 nitrogen and oxygen atoms in total. The molecule has 1 aromatic rings. The Balaban J connectivity index is 2.30. The van der Waals surface area contributed by atoms with Crippen LogP contribution in [0, 0.1) is 0 Å². The van der Waals surface area contributed by atoms with Crippen LogP contribution in [0.3, 0.4) is 0 Å². The van der Waals surface area contributed by atoms with Crippen LogP contribution < -0.4 is 5.73 Å². The Labute approximate surface area is 96.1 Å². The molecule has 0 aliphatic heterocycles. The van der Waals surface area contributed by atoms with Gasteiger partial charge in [-0.15, -0.1) is 0 Å². The Kier molecular flexibility index (Phi) is 4.88. The molecule has 0 aliphatic rings. The molecule has 1 unspecified atom stereocenters. The molecule has 0 saturated carbocycles. The van der Waals surface area contributed by atoms with E-state index in [-0.39, 0.29) is 24.8 Å². The number of halogens is 3. The number of hydrogen-bond donors (Lipinski definition) is 1. The van der Waals surface area contributed by atoms with Gasteiger partial charge in [-0.1, -0.05) is 12.1 Å². The quantitative estimate of drug-likeness (QED) is 0.772. The average Bonchev–Trinajstić information content (AvgIpc) is 2.70. The largest absolute Gasteiger partial charge is 0.411 e. The third-order valence-electron chi connectivity index (χ3n) is 2.00. The maximum absolute atomic E-state index is 11.7. The second-order valence-electron chi connectivity index (χ2n) is 3.60. The zero-order valence-corrected chi connectivity index (χ0v) is 9.33. The van der Waals surface area contributed by atoms with E-state index in [9.17, 15) is 13.2 Å². The van der Waals surface area contributed by atoms with Crippen LogP contribution in [-0.2, 0) is 11.2 Å². The number of ether oxygens (including phenoxy) is 1. The fraction of sp³-hybridized carbons (Fsp3) is 0.778. The third-order valence-corrected chi connectivity index (χ3v) is 2.00. The summed E-state index contributed by atoms with van der Waals surface area (Å²) >= 11 is 0. The number of nitrogens with zero attached hydrogens (tertiary/aromatic N) is 2. The van der Waals surface area contributed by atoms with Gasteiger partial charge in [-0.25, -0.2) is 0 Å². The van der Waals surface area contributed by atoms with Gasteiger partial charge in [0, 0.05) is 12.5 Å². The smallest absolute Gasteiger partial charge is 0.372 e. The van der Waals surface area contributed by atoms with E-state index >= 15 is 0 Å². The lowest BCUT2D eigenvalue weighted by molar-refractivity contribution is -0.173. The maximum atomic E-state index is 11.7. The van der Waals surface area contributed by atoms with Gasteiger partial charge in [0.2, 0.25) is 5.89 Å². The molecule has 0 fully saturated rings. The number of nitrogens with two attached hydrogens (primary N) is 1. The molecule has 1 atom stereocenters. The Hall–Kier alpha value is -1.15. The predicted octanol–water partition coefficient (Wildman–Crippen LogP) is 1.25. The van der Waals surface area contributed by atoms with E-state index in [1.807, 2.05) is 6.92 Å². The van der Waals surface area contributed by atoms with Gasteiger partial charge in [-0.05, 0) is 0 Å². The van der Waals surface area contributed by atoms with Crippen LogP contribution in [0.25, 0.3) is 0 Å². The molecular formula is C9H14F3N3O2. The summed E-state index contributed by atoms with van der Waals surface area (Å²) in [6.07, 6.45) is -4.16. The Morgan fingerprint density at radius 1 is 1.47 bits per heavy atom. The molecule has 8 heteroatoms. The first-order valence-corrected chi connectivity index (χ1v) is 5.09. The molecule has 0 amide bonds. The lowest BCUT2D eigenvalue weighted by Gasteiger charge is -2.05. The van der Waals surface area contributed by atoms with Crippen molar-refractivity contribution in [3.8, 4) is 0 Å².